The number of aliphatic hydroxyl groups excluding tert-OH is 1. The SMILES string of the molecule is N#Cc1cccc([C@@H](N)CO)c1O. The van der Waals surface area contributed by atoms with Crippen LogP contribution in [0.5, 0.6) is 5.75 Å². The molecule has 0 amide bonds. The average Bonchev–Trinajstić information content (AvgIpc) is 2.17. The van der Waals surface area contributed by atoms with Gasteiger partial charge in [0.1, 0.15) is 11.8 Å². The van der Waals surface area contributed by atoms with Crippen LogP contribution >= 0.6 is 0 Å². The van der Waals surface area contributed by atoms with Gasteiger partial charge in [-0.1, -0.05) is 12.1 Å². The molecule has 4 heteroatoms. The predicted molar refractivity (Wildman–Crippen MR) is 46.8 cm³/mol. The molecule has 1 atom stereocenters. The zero-order chi connectivity index (χ0) is 9.84. The van der Waals surface area contributed by atoms with E-state index < -0.39 is 6.04 Å². The van der Waals surface area contributed by atoms with Gasteiger partial charge in [0.15, 0.2) is 0 Å². The van der Waals surface area contributed by atoms with Crippen molar-refractivity contribution >= 4 is 0 Å². The van der Waals surface area contributed by atoms with E-state index in [0.717, 1.165) is 0 Å². The number of aromatic hydroxyl groups is 1. The Labute approximate surface area is 75.8 Å². The van der Waals surface area contributed by atoms with Gasteiger partial charge in [0.2, 0.25) is 0 Å². The van der Waals surface area contributed by atoms with Gasteiger partial charge in [-0.2, -0.15) is 5.26 Å². The number of hydrogen-bond acceptors (Lipinski definition) is 4. The normalized spacial score (nSPS) is 12.1. The number of phenolic OH excluding ortho intramolecular Hbond substituents is 1. The minimum atomic E-state index is -0.645. The van der Waals surface area contributed by atoms with Gasteiger partial charge in [0.25, 0.3) is 0 Å². The first-order valence-corrected chi connectivity index (χ1v) is 3.79. The lowest BCUT2D eigenvalue weighted by atomic mass is 10.0. The third kappa shape index (κ3) is 1.78. The summed E-state index contributed by atoms with van der Waals surface area (Å²) >= 11 is 0. The van der Waals surface area contributed by atoms with Crippen LogP contribution in [0, 0.1) is 11.3 Å². The number of para-hydroxylation sites is 1. The summed E-state index contributed by atoms with van der Waals surface area (Å²) in [6.07, 6.45) is 0. The molecule has 0 aliphatic rings. The van der Waals surface area contributed by atoms with E-state index in [1.165, 1.54) is 6.07 Å². The van der Waals surface area contributed by atoms with Crippen LogP contribution in [-0.4, -0.2) is 16.8 Å². The molecule has 0 fully saturated rings. The van der Waals surface area contributed by atoms with Crippen LogP contribution in [0.15, 0.2) is 18.2 Å². The van der Waals surface area contributed by atoms with Crippen LogP contribution in [0.25, 0.3) is 0 Å². The highest BCUT2D eigenvalue weighted by atomic mass is 16.3. The van der Waals surface area contributed by atoms with E-state index >= 15 is 0 Å². The van der Waals surface area contributed by atoms with Crippen LogP contribution in [0.1, 0.15) is 17.2 Å². The number of nitrogens with zero attached hydrogens (tertiary/aromatic N) is 1. The Hall–Kier alpha value is -1.57. The molecule has 0 unspecified atom stereocenters. The molecule has 0 spiro atoms. The molecule has 0 aromatic heterocycles. The molecule has 1 aromatic carbocycles. The first-order chi connectivity index (χ1) is 6.20. The van der Waals surface area contributed by atoms with Crippen molar-refractivity contribution in [2.24, 2.45) is 5.73 Å². The van der Waals surface area contributed by atoms with Gasteiger partial charge < -0.3 is 15.9 Å². The fraction of sp³-hybridized carbons (Fsp3) is 0.222. The summed E-state index contributed by atoms with van der Waals surface area (Å²) < 4.78 is 0. The summed E-state index contributed by atoms with van der Waals surface area (Å²) in [5, 5.41) is 26.8. The maximum Gasteiger partial charge on any atom is 0.138 e. The molecule has 1 aromatic rings. The molecule has 0 heterocycles. The Morgan fingerprint density at radius 3 is 2.77 bits per heavy atom. The Bertz CT molecular complexity index is 344. The van der Waals surface area contributed by atoms with Gasteiger partial charge in [0, 0.05) is 5.56 Å². The minimum absolute atomic E-state index is 0.147. The van der Waals surface area contributed by atoms with E-state index in [0.29, 0.717) is 5.56 Å². The molecule has 4 nitrogen and oxygen atoms in total. The lowest BCUT2D eigenvalue weighted by Gasteiger charge is -2.10. The fourth-order valence-electron chi connectivity index (χ4n) is 1.05. The number of nitrogens with two attached hydrogens (primary N) is 1. The summed E-state index contributed by atoms with van der Waals surface area (Å²) in [4.78, 5) is 0. The third-order valence-corrected chi connectivity index (χ3v) is 1.78. The van der Waals surface area contributed by atoms with Crippen molar-refractivity contribution in [1.29, 1.82) is 5.26 Å². The first-order valence-electron chi connectivity index (χ1n) is 3.79. The van der Waals surface area contributed by atoms with Crippen molar-refractivity contribution in [2.75, 3.05) is 6.61 Å². The average molecular weight is 178 g/mol. The van der Waals surface area contributed by atoms with E-state index in [1.54, 1.807) is 12.1 Å². The predicted octanol–water partition coefficient (Wildman–Crippen LogP) is 0.256. The number of hydrogen-bond donors (Lipinski definition) is 3. The van der Waals surface area contributed by atoms with E-state index in [-0.39, 0.29) is 17.9 Å². The van der Waals surface area contributed by atoms with Crippen LogP contribution in [0.2, 0.25) is 0 Å². The Balaban J connectivity index is 3.17. The maximum absolute atomic E-state index is 9.48. The summed E-state index contributed by atoms with van der Waals surface area (Å²) in [6, 6.07) is 5.87. The van der Waals surface area contributed by atoms with Crippen LogP contribution < -0.4 is 5.73 Å². The Morgan fingerprint density at radius 2 is 2.23 bits per heavy atom. The highest BCUT2D eigenvalue weighted by Gasteiger charge is 2.12. The molecular weight excluding hydrogens is 168 g/mol. The van der Waals surface area contributed by atoms with E-state index in [2.05, 4.69) is 0 Å². The van der Waals surface area contributed by atoms with Crippen LogP contribution in [0.3, 0.4) is 0 Å². The fourth-order valence-corrected chi connectivity index (χ4v) is 1.05. The quantitative estimate of drug-likeness (QED) is 0.605. The highest BCUT2D eigenvalue weighted by Crippen LogP contribution is 2.25. The monoisotopic (exact) mass is 178 g/mol. The van der Waals surface area contributed by atoms with Crippen molar-refractivity contribution in [3.05, 3.63) is 29.3 Å². The topological polar surface area (TPSA) is 90.3 Å². The number of benzene rings is 1. The van der Waals surface area contributed by atoms with Crippen molar-refractivity contribution < 1.29 is 10.2 Å². The number of rotatable bonds is 2. The molecule has 1 rings (SSSR count). The number of aliphatic hydroxyl groups is 1. The number of phenols is 1. The molecule has 13 heavy (non-hydrogen) atoms. The standard InChI is InChI=1S/C9H10N2O2/c10-4-6-2-1-3-7(9(6)13)8(11)5-12/h1-3,8,12-13H,5,11H2/t8-/m0/s1. The summed E-state index contributed by atoms with van der Waals surface area (Å²) in [7, 11) is 0. The first kappa shape index (κ1) is 9.52. The molecule has 68 valence electrons. The van der Waals surface area contributed by atoms with Gasteiger partial charge in [-0.3, -0.25) is 0 Å². The Morgan fingerprint density at radius 1 is 1.54 bits per heavy atom. The molecule has 0 radical (unpaired) electrons. The zero-order valence-corrected chi connectivity index (χ0v) is 6.94. The molecule has 0 aliphatic carbocycles. The smallest absolute Gasteiger partial charge is 0.138 e. The highest BCUT2D eigenvalue weighted by molar-refractivity contribution is 5.48. The van der Waals surface area contributed by atoms with E-state index in [1.807, 2.05) is 6.07 Å². The van der Waals surface area contributed by atoms with E-state index in [4.69, 9.17) is 16.1 Å². The number of nitriles is 1. The molecule has 0 aliphatic heterocycles. The third-order valence-electron chi connectivity index (χ3n) is 1.78. The van der Waals surface area contributed by atoms with E-state index in [9.17, 15) is 5.11 Å². The van der Waals surface area contributed by atoms with Crippen molar-refractivity contribution in [3.63, 3.8) is 0 Å². The molecular formula is C9H10N2O2. The largest absolute Gasteiger partial charge is 0.506 e. The van der Waals surface area contributed by atoms with Crippen molar-refractivity contribution in [3.8, 4) is 11.8 Å². The van der Waals surface area contributed by atoms with Gasteiger partial charge in [0.05, 0.1) is 18.2 Å². The second-order valence-corrected chi connectivity index (χ2v) is 2.64. The Kier molecular flexibility index (Phi) is 2.85. The van der Waals surface area contributed by atoms with Gasteiger partial charge in [-0.05, 0) is 6.07 Å². The van der Waals surface area contributed by atoms with Crippen molar-refractivity contribution in [1.82, 2.24) is 0 Å². The second-order valence-electron chi connectivity index (χ2n) is 2.64. The van der Waals surface area contributed by atoms with Gasteiger partial charge in [-0.15, -0.1) is 0 Å². The lowest BCUT2D eigenvalue weighted by molar-refractivity contribution is 0.265. The summed E-state index contributed by atoms with van der Waals surface area (Å²) in [6.45, 7) is -0.261. The summed E-state index contributed by atoms with van der Waals surface area (Å²) in [5.41, 5.74) is 6.06. The van der Waals surface area contributed by atoms with Crippen LogP contribution in [-0.2, 0) is 0 Å². The molecule has 4 N–H and O–H groups in total. The summed E-state index contributed by atoms with van der Waals surface area (Å²) in [5.74, 6) is -0.147. The van der Waals surface area contributed by atoms with Gasteiger partial charge in [-0.25, -0.2) is 0 Å². The molecule has 0 saturated carbocycles. The molecule has 0 saturated heterocycles. The maximum atomic E-state index is 9.48. The molecule has 0 bridgehead atoms. The lowest BCUT2D eigenvalue weighted by Crippen LogP contribution is -2.14. The van der Waals surface area contributed by atoms with Crippen molar-refractivity contribution in [2.45, 2.75) is 6.04 Å². The zero-order valence-electron chi connectivity index (χ0n) is 6.94. The van der Waals surface area contributed by atoms with Gasteiger partial charge >= 0.3 is 0 Å². The minimum Gasteiger partial charge on any atom is -0.506 e. The second kappa shape index (κ2) is 3.90. The van der Waals surface area contributed by atoms with Crippen LogP contribution in [0.4, 0.5) is 0 Å².